The fourth-order valence-electron chi connectivity index (χ4n) is 3.07. The van der Waals surface area contributed by atoms with Crippen LogP contribution in [-0.4, -0.2) is 44.5 Å². The number of rotatable bonds is 3. The second kappa shape index (κ2) is 6.42. The van der Waals surface area contributed by atoms with Crippen LogP contribution in [0.25, 0.3) is 0 Å². The molecular weight excluding hydrogens is 300 g/mol. The van der Waals surface area contributed by atoms with Crippen LogP contribution in [0.4, 0.5) is 5.82 Å². The summed E-state index contributed by atoms with van der Waals surface area (Å²) < 4.78 is 2.63. The summed E-state index contributed by atoms with van der Waals surface area (Å²) in [7, 11) is 3.19. The highest BCUT2D eigenvalue weighted by Gasteiger charge is 2.23. The van der Waals surface area contributed by atoms with Crippen molar-refractivity contribution in [3.8, 4) is 0 Å². The maximum absolute atomic E-state index is 12.2. The Labute approximate surface area is 133 Å². The molecule has 1 saturated heterocycles. The van der Waals surface area contributed by atoms with Crippen molar-refractivity contribution in [2.45, 2.75) is 25.7 Å². The number of hydrogen-bond acceptors (Lipinski definition) is 5. The van der Waals surface area contributed by atoms with Crippen molar-refractivity contribution in [3.05, 3.63) is 26.4 Å². The Morgan fingerprint density at radius 2 is 1.82 bits per heavy atom. The van der Waals surface area contributed by atoms with Gasteiger partial charge in [-0.1, -0.05) is 6.42 Å². The Morgan fingerprint density at radius 3 is 2.55 bits per heavy atom. The number of thioether (sulfide) groups is 1. The maximum atomic E-state index is 12.2. The van der Waals surface area contributed by atoms with Crippen molar-refractivity contribution in [3.63, 3.8) is 0 Å². The van der Waals surface area contributed by atoms with Crippen LogP contribution in [0.2, 0.25) is 0 Å². The molecule has 0 saturated carbocycles. The lowest BCUT2D eigenvalue weighted by atomic mass is 10.1. The molecule has 0 aliphatic carbocycles. The lowest BCUT2D eigenvalue weighted by Gasteiger charge is -2.25. The molecule has 6 nitrogen and oxygen atoms in total. The number of fused-ring (bicyclic) bond motifs is 1. The molecule has 1 aromatic heterocycles. The SMILES string of the molecule is Cn1c2c(c(=O)n(C)c1=O)CC(SCCN1CCCCC1)=N2. The van der Waals surface area contributed by atoms with E-state index in [9.17, 15) is 9.59 Å². The number of aliphatic imine (C=N–C) groups is 1. The molecule has 0 unspecified atom stereocenters. The van der Waals surface area contributed by atoms with E-state index < -0.39 is 0 Å². The van der Waals surface area contributed by atoms with Gasteiger partial charge in [0.1, 0.15) is 5.82 Å². The second-order valence-electron chi connectivity index (χ2n) is 5.94. The van der Waals surface area contributed by atoms with Crippen molar-refractivity contribution >= 4 is 22.6 Å². The van der Waals surface area contributed by atoms with Gasteiger partial charge in [-0.3, -0.25) is 13.9 Å². The molecule has 7 heteroatoms. The fourth-order valence-corrected chi connectivity index (χ4v) is 4.05. The van der Waals surface area contributed by atoms with E-state index in [0.717, 1.165) is 21.9 Å². The van der Waals surface area contributed by atoms with E-state index in [4.69, 9.17) is 0 Å². The highest BCUT2D eigenvalue weighted by Crippen LogP contribution is 2.26. The molecule has 1 aromatic rings. The van der Waals surface area contributed by atoms with Crippen LogP contribution >= 0.6 is 11.8 Å². The third-order valence-electron chi connectivity index (χ3n) is 4.41. The normalized spacial score (nSPS) is 18.4. The Balaban J connectivity index is 1.65. The Kier molecular flexibility index (Phi) is 4.54. The largest absolute Gasteiger partial charge is 0.332 e. The predicted molar refractivity (Wildman–Crippen MR) is 90.5 cm³/mol. The quantitative estimate of drug-likeness (QED) is 0.829. The third-order valence-corrected chi connectivity index (χ3v) is 5.36. The first-order valence-electron chi connectivity index (χ1n) is 7.79. The first-order valence-corrected chi connectivity index (χ1v) is 8.78. The first kappa shape index (κ1) is 15.6. The summed E-state index contributed by atoms with van der Waals surface area (Å²) in [5, 5.41) is 0.949. The van der Waals surface area contributed by atoms with Crippen LogP contribution in [-0.2, 0) is 20.5 Å². The van der Waals surface area contributed by atoms with Gasteiger partial charge in [-0.2, -0.15) is 0 Å². The van der Waals surface area contributed by atoms with Crippen LogP contribution in [0.3, 0.4) is 0 Å². The number of aromatic nitrogens is 2. The highest BCUT2D eigenvalue weighted by molar-refractivity contribution is 8.14. The molecular formula is C15H22N4O2S. The number of hydrogen-bond donors (Lipinski definition) is 0. The summed E-state index contributed by atoms with van der Waals surface area (Å²) in [5.41, 5.74) is 0.116. The van der Waals surface area contributed by atoms with E-state index in [0.29, 0.717) is 17.8 Å². The number of likely N-dealkylation sites (tertiary alicyclic amines) is 1. The van der Waals surface area contributed by atoms with E-state index in [1.54, 1.807) is 18.8 Å². The summed E-state index contributed by atoms with van der Waals surface area (Å²) in [6, 6.07) is 0. The fraction of sp³-hybridized carbons (Fsp3) is 0.667. The average Bonchev–Trinajstić information content (AvgIpc) is 2.96. The Bertz CT molecular complexity index is 713. The van der Waals surface area contributed by atoms with Gasteiger partial charge < -0.3 is 4.90 Å². The van der Waals surface area contributed by atoms with Gasteiger partial charge in [-0.25, -0.2) is 9.79 Å². The molecule has 0 N–H and O–H groups in total. The molecule has 2 aliphatic heterocycles. The summed E-state index contributed by atoms with van der Waals surface area (Å²) in [4.78, 5) is 31.1. The molecule has 0 amide bonds. The zero-order chi connectivity index (χ0) is 15.7. The molecule has 22 heavy (non-hydrogen) atoms. The average molecular weight is 322 g/mol. The van der Waals surface area contributed by atoms with E-state index in [1.165, 1.54) is 44.0 Å². The number of nitrogens with zero attached hydrogens (tertiary/aromatic N) is 4. The topological polar surface area (TPSA) is 59.6 Å². The monoisotopic (exact) mass is 322 g/mol. The van der Waals surface area contributed by atoms with Gasteiger partial charge in [-0.05, 0) is 25.9 Å². The predicted octanol–water partition coefficient (Wildman–Crippen LogP) is 0.889. The van der Waals surface area contributed by atoms with Crippen LogP contribution in [0.1, 0.15) is 24.8 Å². The van der Waals surface area contributed by atoms with Gasteiger partial charge in [0.05, 0.1) is 10.6 Å². The second-order valence-corrected chi connectivity index (χ2v) is 7.11. The first-order chi connectivity index (χ1) is 10.6. The summed E-state index contributed by atoms with van der Waals surface area (Å²) in [6.07, 6.45) is 4.51. The smallest absolute Gasteiger partial charge is 0.303 e. The van der Waals surface area contributed by atoms with Crippen molar-refractivity contribution in [1.82, 2.24) is 14.0 Å². The van der Waals surface area contributed by atoms with Crippen molar-refractivity contribution < 1.29 is 0 Å². The van der Waals surface area contributed by atoms with Crippen LogP contribution in [0.15, 0.2) is 14.6 Å². The summed E-state index contributed by atoms with van der Waals surface area (Å²) >= 11 is 1.71. The summed E-state index contributed by atoms with van der Waals surface area (Å²) in [6.45, 7) is 3.46. The van der Waals surface area contributed by atoms with Gasteiger partial charge >= 0.3 is 5.69 Å². The van der Waals surface area contributed by atoms with Crippen molar-refractivity contribution in [2.75, 3.05) is 25.4 Å². The minimum Gasteiger partial charge on any atom is -0.303 e. The van der Waals surface area contributed by atoms with Crippen molar-refractivity contribution in [2.24, 2.45) is 19.1 Å². The molecule has 0 radical (unpaired) electrons. The van der Waals surface area contributed by atoms with E-state index in [-0.39, 0.29) is 11.2 Å². The molecule has 0 aromatic carbocycles. The Hall–Kier alpha value is -1.34. The molecule has 1 fully saturated rings. The van der Waals surface area contributed by atoms with Gasteiger partial charge in [0.25, 0.3) is 5.56 Å². The molecule has 120 valence electrons. The van der Waals surface area contributed by atoms with Gasteiger partial charge in [0.15, 0.2) is 0 Å². The lowest BCUT2D eigenvalue weighted by Crippen LogP contribution is -2.38. The molecule has 0 spiro atoms. The molecule has 3 rings (SSSR count). The molecule has 0 bridgehead atoms. The Morgan fingerprint density at radius 1 is 1.09 bits per heavy atom. The zero-order valence-corrected chi connectivity index (χ0v) is 14.0. The number of piperidine rings is 1. The van der Waals surface area contributed by atoms with Crippen LogP contribution in [0.5, 0.6) is 0 Å². The third kappa shape index (κ3) is 2.92. The standard InChI is InChI=1S/C15H22N4O2S/c1-17-13-11(14(20)18(2)15(17)21)10-12(16-13)22-9-8-19-6-4-3-5-7-19/h3-10H2,1-2H3. The minimum absolute atomic E-state index is 0.214. The molecule has 3 heterocycles. The van der Waals surface area contributed by atoms with E-state index in [2.05, 4.69) is 9.89 Å². The van der Waals surface area contributed by atoms with E-state index >= 15 is 0 Å². The summed E-state index contributed by atoms with van der Waals surface area (Å²) in [5.74, 6) is 1.52. The maximum Gasteiger partial charge on any atom is 0.332 e. The lowest BCUT2D eigenvalue weighted by molar-refractivity contribution is 0.242. The van der Waals surface area contributed by atoms with Gasteiger partial charge in [-0.15, -0.1) is 11.8 Å². The van der Waals surface area contributed by atoms with Crippen LogP contribution < -0.4 is 11.2 Å². The van der Waals surface area contributed by atoms with Gasteiger partial charge in [0, 0.05) is 32.8 Å². The highest BCUT2D eigenvalue weighted by atomic mass is 32.2. The van der Waals surface area contributed by atoms with E-state index in [1.807, 2.05) is 0 Å². The van der Waals surface area contributed by atoms with Gasteiger partial charge in [0.2, 0.25) is 0 Å². The molecule has 0 atom stereocenters. The molecule has 2 aliphatic rings. The van der Waals surface area contributed by atoms with Crippen LogP contribution in [0, 0.1) is 0 Å². The zero-order valence-electron chi connectivity index (χ0n) is 13.2. The van der Waals surface area contributed by atoms with Crippen molar-refractivity contribution in [1.29, 1.82) is 0 Å². The minimum atomic E-state index is -0.313.